The van der Waals surface area contributed by atoms with Gasteiger partial charge >= 0.3 is 0 Å². The summed E-state index contributed by atoms with van der Waals surface area (Å²) in [6.45, 7) is 6.82. The lowest BCUT2D eigenvalue weighted by atomic mass is 9.87. The van der Waals surface area contributed by atoms with Crippen LogP contribution in [0.1, 0.15) is 49.3 Å². The first-order valence-corrected chi connectivity index (χ1v) is 7.94. The van der Waals surface area contributed by atoms with Crippen LogP contribution in [0, 0.1) is 0 Å². The summed E-state index contributed by atoms with van der Waals surface area (Å²) in [5.74, 6) is 1.90. The van der Waals surface area contributed by atoms with Crippen molar-refractivity contribution >= 4 is 0 Å². The first-order valence-electron chi connectivity index (χ1n) is 7.94. The summed E-state index contributed by atoms with van der Waals surface area (Å²) in [5, 5.41) is 0. The average molecular weight is 288 g/mol. The summed E-state index contributed by atoms with van der Waals surface area (Å²) in [4.78, 5) is 4.65. The first kappa shape index (κ1) is 13.3. The molecule has 1 atom stereocenters. The molecule has 2 heterocycles. The molecule has 1 aromatic heterocycles. The summed E-state index contributed by atoms with van der Waals surface area (Å²) in [5.41, 5.74) is 6.68. The smallest absolute Gasteiger partial charge is 0.144 e. The quantitative estimate of drug-likeness (QED) is 0.607. The Morgan fingerprint density at radius 1 is 1.00 bits per heavy atom. The van der Waals surface area contributed by atoms with E-state index in [2.05, 4.69) is 79.0 Å². The van der Waals surface area contributed by atoms with Gasteiger partial charge in [0.15, 0.2) is 0 Å². The van der Waals surface area contributed by atoms with Crippen molar-refractivity contribution in [1.82, 2.24) is 9.55 Å². The minimum absolute atomic E-state index is 0.367. The van der Waals surface area contributed by atoms with E-state index in [1.165, 1.54) is 27.9 Å². The largest absolute Gasteiger partial charge is 0.299 e. The Bertz CT molecular complexity index is 842. The third-order valence-corrected chi connectivity index (χ3v) is 4.74. The highest BCUT2D eigenvalue weighted by molar-refractivity contribution is 5.70. The zero-order valence-electron chi connectivity index (χ0n) is 13.2. The monoisotopic (exact) mass is 288 g/mol. The number of aromatic nitrogens is 2. The van der Waals surface area contributed by atoms with E-state index in [4.69, 9.17) is 0 Å². The van der Waals surface area contributed by atoms with Crippen LogP contribution in [-0.4, -0.2) is 9.55 Å². The van der Waals surface area contributed by atoms with Crippen LogP contribution in [0.2, 0.25) is 0 Å². The highest BCUT2D eigenvalue weighted by Crippen LogP contribution is 2.42. The Hall–Kier alpha value is -2.35. The molecule has 0 bridgehead atoms. The van der Waals surface area contributed by atoms with Gasteiger partial charge in [-0.1, -0.05) is 63.2 Å². The second-order valence-electron chi connectivity index (χ2n) is 6.37. The molecule has 2 aromatic carbocycles. The maximum Gasteiger partial charge on any atom is 0.144 e. The van der Waals surface area contributed by atoms with Crippen molar-refractivity contribution < 1.29 is 0 Å². The van der Waals surface area contributed by atoms with E-state index in [0.717, 1.165) is 5.82 Å². The summed E-state index contributed by atoms with van der Waals surface area (Å²) >= 11 is 0. The Morgan fingerprint density at radius 2 is 1.77 bits per heavy atom. The fraction of sp³-hybridized carbons (Fsp3) is 0.250. The Labute approximate surface area is 131 Å². The third-order valence-electron chi connectivity index (χ3n) is 4.74. The maximum absolute atomic E-state index is 4.65. The summed E-state index contributed by atoms with van der Waals surface area (Å²) in [7, 11) is 0. The normalized spacial score (nSPS) is 15.9. The topological polar surface area (TPSA) is 17.8 Å². The third kappa shape index (κ3) is 1.77. The van der Waals surface area contributed by atoms with Crippen molar-refractivity contribution in [3.8, 4) is 17.1 Å². The van der Waals surface area contributed by atoms with Crippen LogP contribution in [0.15, 0.2) is 54.9 Å². The zero-order valence-corrected chi connectivity index (χ0v) is 13.2. The van der Waals surface area contributed by atoms with E-state index in [1.54, 1.807) is 0 Å². The van der Waals surface area contributed by atoms with Crippen LogP contribution >= 0.6 is 0 Å². The molecule has 0 amide bonds. The van der Waals surface area contributed by atoms with Gasteiger partial charge < -0.3 is 0 Å². The standard InChI is InChI=1S/C20H20N2/c1-13(2)15-9-6-10-17-14(3)16-7-4-5-8-18(16)20-21-11-12-22(20)19(15)17/h4-14H,1-3H3. The van der Waals surface area contributed by atoms with E-state index in [9.17, 15) is 0 Å². The number of hydrogen-bond acceptors (Lipinski definition) is 1. The van der Waals surface area contributed by atoms with Gasteiger partial charge in [0.1, 0.15) is 5.82 Å². The molecule has 0 saturated heterocycles. The number of benzene rings is 2. The van der Waals surface area contributed by atoms with Crippen molar-refractivity contribution in [2.24, 2.45) is 0 Å². The second-order valence-corrected chi connectivity index (χ2v) is 6.37. The minimum Gasteiger partial charge on any atom is -0.299 e. The molecule has 0 N–H and O–H groups in total. The number of nitrogens with zero attached hydrogens (tertiary/aromatic N) is 2. The minimum atomic E-state index is 0.367. The van der Waals surface area contributed by atoms with Crippen molar-refractivity contribution in [3.05, 3.63) is 71.5 Å². The van der Waals surface area contributed by atoms with Crippen molar-refractivity contribution in [1.29, 1.82) is 0 Å². The van der Waals surface area contributed by atoms with Gasteiger partial charge in [-0.2, -0.15) is 0 Å². The Kier molecular flexibility index (Phi) is 2.93. The lowest BCUT2D eigenvalue weighted by Crippen LogP contribution is -2.05. The van der Waals surface area contributed by atoms with E-state index < -0.39 is 0 Å². The van der Waals surface area contributed by atoms with Gasteiger partial charge in [-0.05, 0) is 22.6 Å². The van der Waals surface area contributed by atoms with E-state index in [0.29, 0.717) is 11.8 Å². The second kappa shape index (κ2) is 4.84. The molecule has 110 valence electrons. The molecule has 2 heteroatoms. The van der Waals surface area contributed by atoms with Crippen molar-refractivity contribution in [2.75, 3.05) is 0 Å². The molecule has 1 aliphatic heterocycles. The molecular weight excluding hydrogens is 268 g/mol. The van der Waals surface area contributed by atoms with Crippen LogP contribution in [0.4, 0.5) is 0 Å². The molecule has 2 nitrogen and oxygen atoms in total. The predicted octanol–water partition coefficient (Wildman–Crippen LogP) is 5.13. The highest BCUT2D eigenvalue weighted by atomic mass is 15.1. The van der Waals surface area contributed by atoms with Crippen LogP contribution in [0.5, 0.6) is 0 Å². The number of imidazole rings is 1. The van der Waals surface area contributed by atoms with Crippen LogP contribution in [0.25, 0.3) is 17.1 Å². The van der Waals surface area contributed by atoms with Gasteiger partial charge in [-0.3, -0.25) is 4.57 Å². The van der Waals surface area contributed by atoms with Gasteiger partial charge in [0, 0.05) is 23.9 Å². The fourth-order valence-electron chi connectivity index (χ4n) is 3.60. The predicted molar refractivity (Wildman–Crippen MR) is 90.6 cm³/mol. The Morgan fingerprint density at radius 3 is 2.59 bits per heavy atom. The molecule has 1 unspecified atom stereocenters. The lowest BCUT2D eigenvalue weighted by molar-refractivity contribution is 0.831. The summed E-state index contributed by atoms with van der Waals surface area (Å²) in [6, 6.07) is 15.3. The molecule has 0 saturated carbocycles. The number of hydrogen-bond donors (Lipinski definition) is 0. The number of para-hydroxylation sites is 1. The molecule has 4 rings (SSSR count). The van der Waals surface area contributed by atoms with Gasteiger partial charge in [0.25, 0.3) is 0 Å². The van der Waals surface area contributed by atoms with E-state index in [-0.39, 0.29) is 0 Å². The van der Waals surface area contributed by atoms with Gasteiger partial charge in [0.05, 0.1) is 5.69 Å². The van der Waals surface area contributed by atoms with Gasteiger partial charge in [0.2, 0.25) is 0 Å². The molecule has 0 fully saturated rings. The molecule has 0 aliphatic carbocycles. The van der Waals surface area contributed by atoms with Crippen LogP contribution in [-0.2, 0) is 0 Å². The fourth-order valence-corrected chi connectivity index (χ4v) is 3.60. The number of fused-ring (bicyclic) bond motifs is 5. The van der Waals surface area contributed by atoms with E-state index >= 15 is 0 Å². The summed E-state index contributed by atoms with van der Waals surface area (Å²) < 4.78 is 2.27. The van der Waals surface area contributed by atoms with Crippen molar-refractivity contribution in [3.63, 3.8) is 0 Å². The first-order chi connectivity index (χ1) is 10.7. The van der Waals surface area contributed by atoms with Crippen LogP contribution in [0.3, 0.4) is 0 Å². The average Bonchev–Trinajstić information content (AvgIpc) is 2.99. The van der Waals surface area contributed by atoms with Gasteiger partial charge in [-0.15, -0.1) is 0 Å². The van der Waals surface area contributed by atoms with Gasteiger partial charge in [-0.25, -0.2) is 4.98 Å². The molecular formula is C20H20N2. The highest BCUT2D eigenvalue weighted by Gasteiger charge is 2.26. The lowest BCUT2D eigenvalue weighted by Gasteiger charge is -2.20. The molecule has 0 radical (unpaired) electrons. The summed E-state index contributed by atoms with van der Waals surface area (Å²) in [6.07, 6.45) is 4.00. The molecule has 22 heavy (non-hydrogen) atoms. The SMILES string of the molecule is CC(C)c1cccc2c1-n1ccnc1-c1ccccc1C2C. The molecule has 1 aliphatic rings. The van der Waals surface area contributed by atoms with Crippen LogP contribution < -0.4 is 0 Å². The molecule has 3 aromatic rings. The van der Waals surface area contributed by atoms with E-state index in [1.807, 2.05) is 6.20 Å². The maximum atomic E-state index is 4.65. The zero-order chi connectivity index (χ0) is 15.3. The Balaban J connectivity index is 2.14. The number of rotatable bonds is 1. The molecule has 0 spiro atoms. The van der Waals surface area contributed by atoms with Crippen molar-refractivity contribution in [2.45, 2.75) is 32.6 Å².